The number of benzene rings is 1. The number of hydrogen-bond donors (Lipinski definition) is 2. The van der Waals surface area contributed by atoms with Crippen LogP contribution in [0.2, 0.25) is 0 Å². The maximum absolute atomic E-state index is 11.8. The summed E-state index contributed by atoms with van der Waals surface area (Å²) in [5.41, 5.74) is 1.30. The van der Waals surface area contributed by atoms with E-state index in [4.69, 9.17) is 4.74 Å². The maximum Gasteiger partial charge on any atom is 0.349 e. The summed E-state index contributed by atoms with van der Waals surface area (Å²) < 4.78 is 5.48. The van der Waals surface area contributed by atoms with E-state index in [0.717, 1.165) is 17.6 Å². The van der Waals surface area contributed by atoms with E-state index in [9.17, 15) is 19.5 Å². The summed E-state index contributed by atoms with van der Waals surface area (Å²) >= 11 is 4.32. The molecular formula is C17H14BrNO5S. The SMILES string of the molecule is CC(C)C(=O)Nc1cccc(-c2sc(C(=O)O)c(OC=C=O)c2Br)c1. The molecule has 1 aromatic heterocycles. The number of aromatic carboxylic acids is 1. The number of thiophene rings is 1. The van der Waals surface area contributed by atoms with Gasteiger partial charge in [0, 0.05) is 11.6 Å². The van der Waals surface area contributed by atoms with Crippen molar-refractivity contribution in [1.29, 1.82) is 0 Å². The van der Waals surface area contributed by atoms with Crippen LogP contribution in [0.1, 0.15) is 23.5 Å². The summed E-state index contributed by atoms with van der Waals surface area (Å²) in [4.78, 5) is 34.1. The Labute approximate surface area is 156 Å². The zero-order valence-electron chi connectivity index (χ0n) is 13.3. The molecule has 8 heteroatoms. The number of amides is 1. The van der Waals surface area contributed by atoms with E-state index in [-0.39, 0.29) is 22.5 Å². The number of rotatable bonds is 6. The van der Waals surface area contributed by atoms with E-state index in [2.05, 4.69) is 21.2 Å². The molecule has 0 atom stereocenters. The standard InChI is InChI=1S/C17H14BrNO5S/c1-9(2)16(21)19-11-5-3-4-10(8-11)14-12(18)13(24-7-6-20)15(25-14)17(22)23/h3-5,7-9H,1-2H3,(H,19,21)(H,22,23). The number of carbonyl (C=O) groups excluding carboxylic acids is 2. The van der Waals surface area contributed by atoms with E-state index >= 15 is 0 Å². The van der Waals surface area contributed by atoms with Crippen molar-refractivity contribution in [2.24, 2.45) is 5.92 Å². The van der Waals surface area contributed by atoms with Crippen LogP contribution in [0.3, 0.4) is 0 Å². The van der Waals surface area contributed by atoms with E-state index < -0.39 is 5.97 Å². The highest BCUT2D eigenvalue weighted by Gasteiger charge is 2.23. The largest absolute Gasteiger partial charge is 0.477 e. The number of carboxylic acids is 1. The Balaban J connectivity index is 2.46. The lowest BCUT2D eigenvalue weighted by Crippen LogP contribution is -2.17. The highest BCUT2D eigenvalue weighted by atomic mass is 79.9. The van der Waals surface area contributed by atoms with Gasteiger partial charge < -0.3 is 15.2 Å². The first-order chi connectivity index (χ1) is 11.8. The van der Waals surface area contributed by atoms with Crippen LogP contribution in [0, 0.1) is 5.92 Å². The van der Waals surface area contributed by atoms with Gasteiger partial charge in [0.1, 0.15) is 0 Å². The highest BCUT2D eigenvalue weighted by Crippen LogP contribution is 2.46. The fourth-order valence-corrected chi connectivity index (χ4v) is 3.79. The minimum Gasteiger partial charge on any atom is -0.477 e. The monoisotopic (exact) mass is 423 g/mol. The lowest BCUT2D eigenvalue weighted by molar-refractivity contribution is -0.118. The number of carbonyl (C=O) groups is 2. The van der Waals surface area contributed by atoms with E-state index in [1.54, 1.807) is 38.1 Å². The van der Waals surface area contributed by atoms with Crippen LogP contribution in [-0.2, 0) is 9.59 Å². The lowest BCUT2D eigenvalue weighted by Gasteiger charge is -2.09. The minimum atomic E-state index is -1.17. The predicted molar refractivity (Wildman–Crippen MR) is 98.8 cm³/mol. The molecule has 0 bridgehead atoms. The van der Waals surface area contributed by atoms with Gasteiger partial charge in [-0.1, -0.05) is 26.0 Å². The number of hydrogen-bond acceptors (Lipinski definition) is 5. The Morgan fingerprint density at radius 2 is 2.12 bits per heavy atom. The summed E-state index contributed by atoms with van der Waals surface area (Å²) in [6.45, 7) is 3.58. The first-order valence-electron chi connectivity index (χ1n) is 7.18. The van der Waals surface area contributed by atoms with Crippen molar-refractivity contribution < 1.29 is 24.2 Å². The average Bonchev–Trinajstić information content (AvgIpc) is 2.90. The molecule has 2 aromatic rings. The van der Waals surface area contributed by atoms with Crippen molar-refractivity contribution in [2.75, 3.05) is 5.32 Å². The van der Waals surface area contributed by atoms with Crippen LogP contribution in [0.25, 0.3) is 10.4 Å². The van der Waals surface area contributed by atoms with Crippen LogP contribution in [0.5, 0.6) is 5.75 Å². The van der Waals surface area contributed by atoms with Crippen LogP contribution < -0.4 is 10.1 Å². The Morgan fingerprint density at radius 3 is 2.72 bits per heavy atom. The van der Waals surface area contributed by atoms with Crippen molar-refractivity contribution in [1.82, 2.24) is 0 Å². The quantitative estimate of drug-likeness (QED) is 0.536. The Bertz CT molecular complexity index is 868. The molecule has 0 saturated heterocycles. The Kier molecular flexibility index (Phi) is 6.14. The fourth-order valence-electron chi connectivity index (χ4n) is 1.94. The molecule has 1 heterocycles. The molecule has 0 aliphatic carbocycles. The van der Waals surface area contributed by atoms with E-state index in [0.29, 0.717) is 20.6 Å². The molecule has 130 valence electrons. The van der Waals surface area contributed by atoms with Gasteiger partial charge in [0.05, 0.1) is 9.35 Å². The summed E-state index contributed by atoms with van der Waals surface area (Å²) in [6, 6.07) is 7.02. The molecular weight excluding hydrogens is 410 g/mol. The van der Waals surface area contributed by atoms with Gasteiger partial charge in [-0.15, -0.1) is 11.3 Å². The molecule has 1 aromatic carbocycles. The van der Waals surface area contributed by atoms with Gasteiger partial charge in [-0.2, -0.15) is 0 Å². The van der Waals surface area contributed by atoms with Crippen molar-refractivity contribution in [3.8, 4) is 16.2 Å². The van der Waals surface area contributed by atoms with Crippen molar-refractivity contribution in [3.63, 3.8) is 0 Å². The van der Waals surface area contributed by atoms with Gasteiger partial charge in [-0.25, -0.2) is 9.59 Å². The molecule has 0 aliphatic rings. The second kappa shape index (κ2) is 8.11. The van der Waals surface area contributed by atoms with Gasteiger partial charge in [-0.3, -0.25) is 4.79 Å². The molecule has 0 spiro atoms. The molecule has 25 heavy (non-hydrogen) atoms. The second-order valence-electron chi connectivity index (χ2n) is 5.29. The molecule has 2 N–H and O–H groups in total. The summed E-state index contributed by atoms with van der Waals surface area (Å²) in [6.07, 6.45) is 0.752. The summed E-state index contributed by atoms with van der Waals surface area (Å²) in [5, 5.41) is 12.1. The van der Waals surface area contributed by atoms with E-state index in [1.165, 1.54) is 5.94 Å². The van der Waals surface area contributed by atoms with Crippen LogP contribution in [0.15, 0.2) is 35.0 Å². The smallest absolute Gasteiger partial charge is 0.349 e. The normalized spacial score (nSPS) is 10.2. The van der Waals surface area contributed by atoms with Gasteiger partial charge in [0.2, 0.25) is 5.91 Å². The number of carboxylic acid groups (broad SMARTS) is 1. The van der Waals surface area contributed by atoms with Crippen LogP contribution in [0.4, 0.5) is 5.69 Å². The van der Waals surface area contributed by atoms with Gasteiger partial charge in [0.25, 0.3) is 0 Å². The number of ether oxygens (including phenoxy) is 1. The summed E-state index contributed by atoms with van der Waals surface area (Å²) in [5.74, 6) is 0.0318. The van der Waals surface area contributed by atoms with Crippen molar-refractivity contribution >= 4 is 50.8 Å². The third-order valence-corrected chi connectivity index (χ3v) is 5.37. The van der Waals surface area contributed by atoms with Crippen LogP contribution >= 0.6 is 27.3 Å². The second-order valence-corrected chi connectivity index (χ2v) is 7.10. The minimum absolute atomic E-state index is 0.0347. The molecule has 0 radical (unpaired) electrons. The number of halogens is 1. The lowest BCUT2D eigenvalue weighted by atomic mass is 10.1. The summed E-state index contributed by atoms with van der Waals surface area (Å²) in [7, 11) is 0. The fraction of sp³-hybridized carbons (Fsp3) is 0.176. The topological polar surface area (TPSA) is 92.7 Å². The molecule has 1 amide bonds. The molecule has 0 unspecified atom stereocenters. The predicted octanol–water partition coefficient (Wildman–Crippen LogP) is 4.19. The highest BCUT2D eigenvalue weighted by molar-refractivity contribution is 9.10. The molecule has 0 aliphatic heterocycles. The van der Waals surface area contributed by atoms with E-state index in [1.807, 2.05) is 0 Å². The zero-order chi connectivity index (χ0) is 18.6. The zero-order valence-corrected chi connectivity index (χ0v) is 15.7. The first-order valence-corrected chi connectivity index (χ1v) is 8.79. The van der Waals surface area contributed by atoms with Gasteiger partial charge in [-0.05, 0) is 33.6 Å². The third-order valence-electron chi connectivity index (χ3n) is 3.14. The van der Waals surface area contributed by atoms with Gasteiger partial charge >= 0.3 is 5.97 Å². The first kappa shape index (κ1) is 18.9. The van der Waals surface area contributed by atoms with Crippen molar-refractivity contribution in [2.45, 2.75) is 13.8 Å². The van der Waals surface area contributed by atoms with Crippen LogP contribution in [-0.4, -0.2) is 22.9 Å². The molecule has 6 nitrogen and oxygen atoms in total. The average molecular weight is 424 g/mol. The van der Waals surface area contributed by atoms with Gasteiger partial charge in [0.15, 0.2) is 22.8 Å². The number of nitrogens with one attached hydrogen (secondary N) is 1. The third kappa shape index (κ3) is 4.36. The number of anilines is 1. The molecule has 0 fully saturated rings. The Hall–Kier alpha value is -2.41. The molecule has 0 saturated carbocycles. The molecule has 2 rings (SSSR count). The van der Waals surface area contributed by atoms with Crippen molar-refractivity contribution in [3.05, 3.63) is 39.9 Å². The maximum atomic E-state index is 11.8. The Morgan fingerprint density at radius 1 is 1.40 bits per heavy atom.